The number of aryl methyl sites for hydroxylation is 1. The Morgan fingerprint density at radius 1 is 1.07 bits per heavy atom. The van der Waals surface area contributed by atoms with Crippen LogP contribution in [0, 0.1) is 0 Å². The number of hydrogen-bond donors (Lipinski definition) is 0. The Morgan fingerprint density at radius 2 is 1.96 bits per heavy atom. The predicted octanol–water partition coefficient (Wildman–Crippen LogP) is 3.09. The molecule has 0 saturated carbocycles. The molecule has 28 heavy (non-hydrogen) atoms. The van der Waals surface area contributed by atoms with Crippen LogP contribution >= 0.6 is 0 Å². The zero-order valence-corrected chi connectivity index (χ0v) is 15.6. The molecule has 1 saturated heterocycles. The third-order valence-corrected chi connectivity index (χ3v) is 5.82. The van der Waals surface area contributed by atoms with Crippen molar-refractivity contribution >= 4 is 16.9 Å². The molecular weight excluding hydrogens is 356 g/mol. The summed E-state index contributed by atoms with van der Waals surface area (Å²) in [6.45, 7) is 1.51. The third-order valence-electron chi connectivity index (χ3n) is 5.82. The standard InChI is InChI=1S/C21H22N4O3/c26-20(15-13-14-7-3-4-9-17(14)28-21(15)27)24-12-6-8-16(24)19-23-22-18-10-2-1-5-11-25(18)19/h3-4,7,9,13,16H,1-2,5-6,8,10-12H2. The van der Waals surface area contributed by atoms with Crippen molar-refractivity contribution in [2.24, 2.45) is 0 Å². The second-order valence-corrected chi connectivity index (χ2v) is 7.58. The zero-order valence-electron chi connectivity index (χ0n) is 15.6. The number of amides is 1. The van der Waals surface area contributed by atoms with Gasteiger partial charge in [-0.15, -0.1) is 10.2 Å². The predicted molar refractivity (Wildman–Crippen MR) is 103 cm³/mol. The normalized spacial score (nSPS) is 19.6. The lowest BCUT2D eigenvalue weighted by Gasteiger charge is -2.24. The van der Waals surface area contributed by atoms with Gasteiger partial charge in [0.25, 0.3) is 5.91 Å². The van der Waals surface area contributed by atoms with Gasteiger partial charge in [-0.25, -0.2) is 4.79 Å². The van der Waals surface area contributed by atoms with E-state index < -0.39 is 5.63 Å². The van der Waals surface area contributed by atoms with E-state index >= 15 is 0 Å². The van der Waals surface area contributed by atoms with Crippen molar-refractivity contribution in [3.05, 3.63) is 58.0 Å². The van der Waals surface area contributed by atoms with Crippen LogP contribution in [0.2, 0.25) is 0 Å². The summed E-state index contributed by atoms with van der Waals surface area (Å²) < 4.78 is 7.56. The molecule has 1 amide bonds. The molecule has 0 N–H and O–H groups in total. The van der Waals surface area contributed by atoms with E-state index in [4.69, 9.17) is 4.42 Å². The van der Waals surface area contributed by atoms with Gasteiger partial charge in [0.2, 0.25) is 0 Å². The Labute approximate surface area is 162 Å². The minimum absolute atomic E-state index is 0.0844. The van der Waals surface area contributed by atoms with Gasteiger partial charge in [0, 0.05) is 24.9 Å². The molecule has 1 aromatic carbocycles. The average Bonchev–Trinajstić information content (AvgIpc) is 3.27. The summed E-state index contributed by atoms with van der Waals surface area (Å²) in [7, 11) is 0. The van der Waals surface area contributed by atoms with Gasteiger partial charge in [0.15, 0.2) is 5.82 Å². The van der Waals surface area contributed by atoms with Crippen LogP contribution in [0.4, 0.5) is 0 Å². The number of rotatable bonds is 2. The Morgan fingerprint density at radius 3 is 2.89 bits per heavy atom. The molecule has 0 spiro atoms. The van der Waals surface area contributed by atoms with Crippen LogP contribution in [-0.2, 0) is 13.0 Å². The minimum Gasteiger partial charge on any atom is -0.422 e. The Bertz CT molecular complexity index is 1100. The molecule has 4 heterocycles. The lowest BCUT2D eigenvalue weighted by molar-refractivity contribution is 0.0723. The van der Waals surface area contributed by atoms with Gasteiger partial charge >= 0.3 is 5.63 Å². The van der Waals surface area contributed by atoms with Gasteiger partial charge in [-0.1, -0.05) is 24.6 Å². The van der Waals surface area contributed by atoms with Crippen molar-refractivity contribution in [1.82, 2.24) is 19.7 Å². The van der Waals surface area contributed by atoms with Crippen LogP contribution in [0.3, 0.4) is 0 Å². The number of likely N-dealkylation sites (tertiary alicyclic amines) is 1. The summed E-state index contributed by atoms with van der Waals surface area (Å²) in [4.78, 5) is 27.5. The molecule has 0 bridgehead atoms. The molecule has 3 aromatic rings. The van der Waals surface area contributed by atoms with Crippen LogP contribution in [0.25, 0.3) is 11.0 Å². The molecule has 1 fully saturated rings. The van der Waals surface area contributed by atoms with Crippen LogP contribution in [0.5, 0.6) is 0 Å². The van der Waals surface area contributed by atoms with Gasteiger partial charge in [-0.05, 0) is 37.8 Å². The van der Waals surface area contributed by atoms with E-state index in [1.54, 1.807) is 23.1 Å². The number of carbonyl (C=O) groups is 1. The fraction of sp³-hybridized carbons (Fsp3) is 0.429. The molecular formula is C21H22N4O3. The highest BCUT2D eigenvalue weighted by Crippen LogP contribution is 2.33. The number of aromatic nitrogens is 3. The van der Waals surface area contributed by atoms with Gasteiger partial charge in [-0.3, -0.25) is 4.79 Å². The number of carbonyl (C=O) groups excluding carboxylic acids is 1. The summed E-state index contributed by atoms with van der Waals surface area (Å²) in [6.07, 6.45) is 6.08. The summed E-state index contributed by atoms with van der Waals surface area (Å²) >= 11 is 0. The second kappa shape index (κ2) is 6.89. The molecule has 1 unspecified atom stereocenters. The first-order chi connectivity index (χ1) is 13.7. The fourth-order valence-electron chi connectivity index (χ4n) is 4.40. The molecule has 0 aliphatic carbocycles. The number of fused-ring (bicyclic) bond motifs is 2. The van der Waals surface area contributed by atoms with Crippen molar-refractivity contribution in [3.8, 4) is 0 Å². The lowest BCUT2D eigenvalue weighted by atomic mass is 10.1. The molecule has 0 radical (unpaired) electrons. The summed E-state index contributed by atoms with van der Waals surface area (Å²) in [5, 5.41) is 9.57. The number of benzene rings is 1. The molecule has 2 aliphatic rings. The summed E-state index contributed by atoms with van der Waals surface area (Å²) in [5.74, 6) is 1.58. The maximum Gasteiger partial charge on any atom is 0.349 e. The van der Waals surface area contributed by atoms with E-state index in [0.717, 1.165) is 55.7 Å². The Balaban J connectivity index is 1.51. The van der Waals surface area contributed by atoms with Crippen molar-refractivity contribution in [2.75, 3.05) is 6.54 Å². The first-order valence-electron chi connectivity index (χ1n) is 9.98. The molecule has 144 valence electrons. The summed E-state index contributed by atoms with van der Waals surface area (Å²) in [5.41, 5.74) is -0.0135. The molecule has 1 atom stereocenters. The summed E-state index contributed by atoms with van der Waals surface area (Å²) in [6, 6.07) is 8.74. The highest BCUT2D eigenvalue weighted by Gasteiger charge is 2.36. The van der Waals surface area contributed by atoms with Crippen LogP contribution in [-0.4, -0.2) is 32.1 Å². The van der Waals surface area contributed by atoms with E-state index in [1.165, 1.54) is 6.42 Å². The Hall–Kier alpha value is -2.96. The Kier molecular flexibility index (Phi) is 4.22. The maximum absolute atomic E-state index is 13.3. The monoisotopic (exact) mass is 378 g/mol. The smallest absolute Gasteiger partial charge is 0.349 e. The van der Waals surface area contributed by atoms with Crippen molar-refractivity contribution in [3.63, 3.8) is 0 Å². The molecule has 2 aromatic heterocycles. The van der Waals surface area contributed by atoms with Crippen molar-refractivity contribution in [2.45, 2.75) is 51.1 Å². The molecule has 2 aliphatic heterocycles. The van der Waals surface area contributed by atoms with E-state index in [2.05, 4.69) is 14.8 Å². The van der Waals surface area contributed by atoms with Gasteiger partial charge in [-0.2, -0.15) is 0 Å². The third kappa shape index (κ3) is 2.82. The fourth-order valence-corrected chi connectivity index (χ4v) is 4.40. The van der Waals surface area contributed by atoms with E-state index in [1.807, 2.05) is 12.1 Å². The molecule has 5 rings (SSSR count). The SMILES string of the molecule is O=C(c1cc2ccccc2oc1=O)N1CCCC1c1nnc2n1CCCCC2. The van der Waals surface area contributed by atoms with E-state index in [0.29, 0.717) is 12.1 Å². The minimum atomic E-state index is -0.588. The maximum atomic E-state index is 13.3. The quantitative estimate of drug-likeness (QED) is 0.640. The molecule has 7 nitrogen and oxygen atoms in total. The largest absolute Gasteiger partial charge is 0.422 e. The number of nitrogens with zero attached hydrogens (tertiary/aromatic N) is 4. The van der Waals surface area contributed by atoms with Crippen LogP contribution in [0.1, 0.15) is 60.2 Å². The first-order valence-corrected chi connectivity index (χ1v) is 9.98. The lowest BCUT2D eigenvalue weighted by Crippen LogP contribution is -2.34. The topological polar surface area (TPSA) is 81.2 Å². The highest BCUT2D eigenvalue weighted by atomic mass is 16.4. The van der Waals surface area contributed by atoms with Gasteiger partial charge in [0.1, 0.15) is 17.0 Å². The van der Waals surface area contributed by atoms with Gasteiger partial charge in [0.05, 0.1) is 6.04 Å². The van der Waals surface area contributed by atoms with E-state index in [9.17, 15) is 9.59 Å². The van der Waals surface area contributed by atoms with Crippen molar-refractivity contribution < 1.29 is 9.21 Å². The van der Waals surface area contributed by atoms with Crippen molar-refractivity contribution in [1.29, 1.82) is 0 Å². The second-order valence-electron chi connectivity index (χ2n) is 7.58. The number of para-hydroxylation sites is 1. The number of hydrogen-bond acceptors (Lipinski definition) is 5. The first kappa shape index (κ1) is 17.2. The molecule has 7 heteroatoms. The van der Waals surface area contributed by atoms with Crippen LogP contribution in [0.15, 0.2) is 39.5 Å². The average molecular weight is 378 g/mol. The van der Waals surface area contributed by atoms with Gasteiger partial charge < -0.3 is 13.9 Å². The zero-order chi connectivity index (χ0) is 19.1. The highest BCUT2D eigenvalue weighted by molar-refractivity contribution is 5.97. The van der Waals surface area contributed by atoms with Crippen LogP contribution < -0.4 is 5.63 Å². The van der Waals surface area contributed by atoms with E-state index in [-0.39, 0.29) is 17.5 Å².